The molecule has 0 saturated heterocycles. The Bertz CT molecular complexity index is 740. The molecule has 0 aromatic heterocycles. The quantitative estimate of drug-likeness (QED) is 0.591. The summed E-state index contributed by atoms with van der Waals surface area (Å²) in [6, 6.07) is 0. The van der Waals surface area contributed by atoms with Gasteiger partial charge in [0, 0.05) is 12.3 Å². The molecular formula is C27H44O4. The Morgan fingerprint density at radius 1 is 1.13 bits per heavy atom. The molecule has 4 aliphatic rings. The third-order valence-electron chi connectivity index (χ3n) is 10.3. The van der Waals surface area contributed by atoms with Crippen LogP contribution >= 0.6 is 0 Å². The number of ketones is 1. The zero-order valence-corrected chi connectivity index (χ0v) is 20.2. The Hall–Kier alpha value is -0.710. The molecule has 4 nitrogen and oxygen atoms in total. The van der Waals surface area contributed by atoms with Crippen molar-refractivity contribution in [3.05, 3.63) is 11.6 Å². The van der Waals surface area contributed by atoms with E-state index in [1.807, 2.05) is 6.08 Å². The van der Waals surface area contributed by atoms with E-state index in [2.05, 4.69) is 27.7 Å². The first-order chi connectivity index (χ1) is 14.4. The molecule has 3 N–H and O–H groups in total. The molecule has 3 saturated carbocycles. The average molecular weight is 433 g/mol. The first-order valence-corrected chi connectivity index (χ1v) is 12.7. The van der Waals surface area contributed by atoms with E-state index in [-0.39, 0.29) is 22.5 Å². The van der Waals surface area contributed by atoms with Crippen LogP contribution in [0.15, 0.2) is 11.6 Å². The summed E-state index contributed by atoms with van der Waals surface area (Å²) in [4.78, 5) is 12.0. The third kappa shape index (κ3) is 3.65. The number of fused-ring (bicyclic) bond motifs is 5. The van der Waals surface area contributed by atoms with Gasteiger partial charge in [-0.15, -0.1) is 0 Å². The molecule has 4 rings (SSSR count). The molecule has 1 unspecified atom stereocenters. The Labute approximate surface area is 188 Å². The fourth-order valence-corrected chi connectivity index (χ4v) is 8.62. The van der Waals surface area contributed by atoms with Gasteiger partial charge in [-0.2, -0.15) is 0 Å². The number of aliphatic hydroxyl groups excluding tert-OH is 2. The van der Waals surface area contributed by atoms with Gasteiger partial charge >= 0.3 is 0 Å². The molecule has 3 fully saturated rings. The molecule has 0 amide bonds. The highest BCUT2D eigenvalue weighted by Gasteiger charge is 2.65. The van der Waals surface area contributed by atoms with Crippen LogP contribution in [0, 0.1) is 40.4 Å². The average Bonchev–Trinajstić information content (AvgIpc) is 2.97. The lowest BCUT2D eigenvalue weighted by Crippen LogP contribution is -2.57. The summed E-state index contributed by atoms with van der Waals surface area (Å²) < 4.78 is 0. The fourth-order valence-electron chi connectivity index (χ4n) is 8.62. The fraction of sp³-hybridized carbons (Fsp3) is 0.889. The molecule has 4 aliphatic carbocycles. The Balaban J connectivity index is 1.60. The SMILES string of the molecule is CC(C)CC[C@@H](O)C(C)(O)[C@H]1[C@@H](O)C[C@H]2[C@@H]3CCC4=CC(=O)CC[C@]4(C)[C@H]3CC[C@]12C. The molecule has 4 heteroatoms. The van der Waals surface area contributed by atoms with Crippen molar-refractivity contribution in [2.45, 2.75) is 110 Å². The predicted octanol–water partition coefficient (Wildman–Crippen LogP) is 4.65. The highest BCUT2D eigenvalue weighted by molar-refractivity contribution is 5.91. The molecule has 0 aliphatic heterocycles. The lowest BCUT2D eigenvalue weighted by atomic mass is 9.46. The standard InChI is InChI=1S/C27H44O4/c1-16(2)6-9-23(30)27(5,31)24-22(29)15-21-19-8-7-17-14-18(28)10-12-25(17,3)20(19)11-13-26(21,24)4/h14,16,19-24,29-31H,6-13,15H2,1-5H3/t19-,20+,21+,22+,23-,24+,25+,26+,27?/m1/s1. The van der Waals surface area contributed by atoms with E-state index < -0.39 is 17.8 Å². The summed E-state index contributed by atoms with van der Waals surface area (Å²) in [6.07, 6.45) is 8.47. The van der Waals surface area contributed by atoms with Crippen LogP contribution in [-0.2, 0) is 4.79 Å². The van der Waals surface area contributed by atoms with E-state index in [9.17, 15) is 20.1 Å². The number of aliphatic hydroxyl groups is 3. The van der Waals surface area contributed by atoms with Gasteiger partial charge in [-0.1, -0.05) is 33.3 Å². The van der Waals surface area contributed by atoms with Crippen LogP contribution in [-0.4, -0.2) is 38.9 Å². The van der Waals surface area contributed by atoms with Gasteiger partial charge in [0.2, 0.25) is 0 Å². The predicted molar refractivity (Wildman–Crippen MR) is 122 cm³/mol. The minimum Gasteiger partial charge on any atom is -0.393 e. The number of rotatable bonds is 5. The van der Waals surface area contributed by atoms with Gasteiger partial charge in [-0.25, -0.2) is 0 Å². The van der Waals surface area contributed by atoms with Crippen molar-refractivity contribution in [1.82, 2.24) is 0 Å². The molecular weight excluding hydrogens is 388 g/mol. The van der Waals surface area contributed by atoms with Crippen LogP contribution in [0.5, 0.6) is 0 Å². The molecule has 0 aromatic carbocycles. The topological polar surface area (TPSA) is 77.8 Å². The molecule has 0 spiro atoms. The van der Waals surface area contributed by atoms with Crippen LogP contribution in [0.4, 0.5) is 0 Å². The Morgan fingerprint density at radius 2 is 1.84 bits per heavy atom. The summed E-state index contributed by atoms with van der Waals surface area (Å²) in [7, 11) is 0. The second-order valence-corrected chi connectivity index (χ2v) is 12.5. The van der Waals surface area contributed by atoms with Crippen LogP contribution in [0.1, 0.15) is 92.4 Å². The van der Waals surface area contributed by atoms with Crippen molar-refractivity contribution in [2.75, 3.05) is 0 Å². The minimum atomic E-state index is -1.29. The second-order valence-electron chi connectivity index (χ2n) is 12.5. The molecule has 176 valence electrons. The first-order valence-electron chi connectivity index (χ1n) is 12.7. The normalized spacial score (nSPS) is 45.4. The van der Waals surface area contributed by atoms with E-state index in [0.717, 1.165) is 44.9 Å². The monoisotopic (exact) mass is 432 g/mol. The maximum atomic E-state index is 12.0. The van der Waals surface area contributed by atoms with Gasteiger partial charge in [0.25, 0.3) is 0 Å². The Kier molecular flexibility index (Phi) is 6.02. The van der Waals surface area contributed by atoms with Gasteiger partial charge in [0.05, 0.1) is 17.8 Å². The van der Waals surface area contributed by atoms with Crippen LogP contribution < -0.4 is 0 Å². The molecule has 31 heavy (non-hydrogen) atoms. The number of hydrogen-bond donors (Lipinski definition) is 3. The highest BCUT2D eigenvalue weighted by atomic mass is 16.3. The lowest BCUT2D eigenvalue weighted by molar-refractivity contribution is -0.169. The van der Waals surface area contributed by atoms with Crippen LogP contribution in [0.2, 0.25) is 0 Å². The molecule has 0 radical (unpaired) electrons. The highest BCUT2D eigenvalue weighted by Crippen LogP contribution is 2.68. The van der Waals surface area contributed by atoms with Crippen molar-refractivity contribution in [1.29, 1.82) is 0 Å². The van der Waals surface area contributed by atoms with Crippen molar-refractivity contribution in [2.24, 2.45) is 40.4 Å². The maximum Gasteiger partial charge on any atom is 0.155 e. The summed E-state index contributed by atoms with van der Waals surface area (Å²) in [5.74, 6) is 1.91. The van der Waals surface area contributed by atoms with Gasteiger partial charge in [0.15, 0.2) is 5.78 Å². The van der Waals surface area contributed by atoms with Crippen molar-refractivity contribution in [3.8, 4) is 0 Å². The molecule has 0 heterocycles. The molecule has 0 aromatic rings. The molecule has 0 bridgehead atoms. The zero-order valence-electron chi connectivity index (χ0n) is 20.2. The zero-order chi connectivity index (χ0) is 22.8. The van der Waals surface area contributed by atoms with Crippen LogP contribution in [0.3, 0.4) is 0 Å². The smallest absolute Gasteiger partial charge is 0.155 e. The van der Waals surface area contributed by atoms with E-state index in [0.29, 0.717) is 36.5 Å². The number of hydrogen-bond acceptors (Lipinski definition) is 4. The van der Waals surface area contributed by atoms with Gasteiger partial charge in [-0.3, -0.25) is 4.79 Å². The summed E-state index contributed by atoms with van der Waals surface area (Å²) in [5.41, 5.74) is 0.0246. The van der Waals surface area contributed by atoms with E-state index in [4.69, 9.17) is 0 Å². The number of carbonyl (C=O) groups excluding carboxylic acids is 1. The van der Waals surface area contributed by atoms with Crippen molar-refractivity contribution in [3.63, 3.8) is 0 Å². The van der Waals surface area contributed by atoms with Gasteiger partial charge < -0.3 is 15.3 Å². The number of allylic oxidation sites excluding steroid dienone is 1. The summed E-state index contributed by atoms with van der Waals surface area (Å²) in [6.45, 7) is 10.7. The summed E-state index contributed by atoms with van der Waals surface area (Å²) >= 11 is 0. The molecule has 9 atom stereocenters. The van der Waals surface area contributed by atoms with Gasteiger partial charge in [-0.05, 0) is 98.9 Å². The van der Waals surface area contributed by atoms with E-state index >= 15 is 0 Å². The Morgan fingerprint density at radius 3 is 2.52 bits per heavy atom. The minimum absolute atomic E-state index is 0.112. The van der Waals surface area contributed by atoms with E-state index in [1.54, 1.807) is 6.92 Å². The summed E-state index contributed by atoms with van der Waals surface area (Å²) in [5, 5.41) is 33.8. The van der Waals surface area contributed by atoms with E-state index in [1.165, 1.54) is 5.57 Å². The number of carbonyl (C=O) groups is 1. The van der Waals surface area contributed by atoms with Crippen molar-refractivity contribution < 1.29 is 20.1 Å². The maximum absolute atomic E-state index is 12.0. The first kappa shape index (κ1) is 23.4. The van der Waals surface area contributed by atoms with Crippen molar-refractivity contribution >= 4 is 5.78 Å². The largest absolute Gasteiger partial charge is 0.393 e. The lowest BCUT2D eigenvalue weighted by Gasteiger charge is -2.59. The second kappa shape index (κ2) is 7.95. The van der Waals surface area contributed by atoms with Gasteiger partial charge in [0.1, 0.15) is 0 Å². The van der Waals surface area contributed by atoms with Crippen LogP contribution in [0.25, 0.3) is 0 Å². The third-order valence-corrected chi connectivity index (χ3v) is 10.3.